The Balaban J connectivity index is 2.11. The van der Waals surface area contributed by atoms with Crippen molar-refractivity contribution in [2.45, 2.75) is 26.7 Å². The van der Waals surface area contributed by atoms with Crippen molar-refractivity contribution in [1.29, 1.82) is 0 Å². The summed E-state index contributed by atoms with van der Waals surface area (Å²) in [6.45, 7) is 3.98. The van der Waals surface area contributed by atoms with E-state index in [1.54, 1.807) is 0 Å². The molecule has 6 nitrogen and oxygen atoms in total. The molecule has 0 saturated carbocycles. The van der Waals surface area contributed by atoms with Gasteiger partial charge in [0, 0.05) is 16.9 Å². The Morgan fingerprint density at radius 3 is 1.84 bits per heavy atom. The second kappa shape index (κ2) is 8.10. The van der Waals surface area contributed by atoms with E-state index in [9.17, 15) is 14.4 Å². The first-order chi connectivity index (χ1) is 12.0. The second-order valence-corrected chi connectivity index (χ2v) is 5.51. The highest BCUT2D eigenvalue weighted by Crippen LogP contribution is 2.22. The van der Waals surface area contributed by atoms with Crippen LogP contribution in [0.3, 0.4) is 0 Å². The number of carbonyl (C=O) groups excluding carboxylic acids is 3. The molecule has 0 aliphatic carbocycles. The average Bonchev–Trinajstić information content (AvgIpc) is 2.62. The molecule has 0 aromatic heterocycles. The van der Waals surface area contributed by atoms with Crippen molar-refractivity contribution in [3.8, 4) is 0 Å². The molecule has 3 amide bonds. The summed E-state index contributed by atoms with van der Waals surface area (Å²) in [5.74, 6) is -2.08. The number of amides is 3. The van der Waals surface area contributed by atoms with Crippen LogP contribution in [0.1, 0.15) is 35.3 Å². The number of benzene rings is 2. The van der Waals surface area contributed by atoms with Crippen LogP contribution in [0.5, 0.6) is 0 Å². The summed E-state index contributed by atoms with van der Waals surface area (Å²) >= 11 is 0. The maximum absolute atomic E-state index is 12.2. The van der Waals surface area contributed by atoms with E-state index in [1.165, 1.54) is 24.3 Å². The Bertz CT molecular complexity index is 776. The fourth-order valence-electron chi connectivity index (χ4n) is 2.48. The lowest BCUT2D eigenvalue weighted by atomic mass is 10.0. The molecule has 130 valence electrons. The molecular formula is C19H21N3O3. The van der Waals surface area contributed by atoms with Crippen molar-refractivity contribution in [3.05, 3.63) is 59.2 Å². The van der Waals surface area contributed by atoms with Crippen LogP contribution in [0.15, 0.2) is 42.5 Å². The predicted octanol–water partition coefficient (Wildman–Crippen LogP) is 2.49. The minimum atomic E-state index is -0.778. The topological polar surface area (TPSA) is 101 Å². The van der Waals surface area contributed by atoms with Crippen molar-refractivity contribution in [2.24, 2.45) is 5.73 Å². The first kappa shape index (κ1) is 18.2. The summed E-state index contributed by atoms with van der Waals surface area (Å²) in [5, 5.41) is 5.21. The molecule has 0 saturated heterocycles. The van der Waals surface area contributed by atoms with Gasteiger partial charge in [0.2, 0.25) is 5.91 Å². The van der Waals surface area contributed by atoms with E-state index in [-0.39, 0.29) is 0 Å². The lowest BCUT2D eigenvalue weighted by Crippen LogP contribution is -2.30. The van der Waals surface area contributed by atoms with Crippen LogP contribution >= 0.6 is 0 Å². The van der Waals surface area contributed by atoms with Gasteiger partial charge in [0.25, 0.3) is 0 Å². The van der Waals surface area contributed by atoms with E-state index < -0.39 is 17.7 Å². The summed E-state index contributed by atoms with van der Waals surface area (Å²) < 4.78 is 0. The highest BCUT2D eigenvalue weighted by atomic mass is 16.2. The smallest absolute Gasteiger partial charge is 0.314 e. The number of aryl methyl sites for hydroxylation is 2. The van der Waals surface area contributed by atoms with Crippen molar-refractivity contribution in [3.63, 3.8) is 0 Å². The summed E-state index contributed by atoms with van der Waals surface area (Å²) in [4.78, 5) is 35.4. The Labute approximate surface area is 146 Å². The van der Waals surface area contributed by atoms with Gasteiger partial charge in [-0.25, -0.2) is 0 Å². The van der Waals surface area contributed by atoms with E-state index >= 15 is 0 Å². The number of rotatable bonds is 5. The fourth-order valence-corrected chi connectivity index (χ4v) is 2.48. The van der Waals surface area contributed by atoms with Gasteiger partial charge in [-0.2, -0.15) is 0 Å². The zero-order valence-electron chi connectivity index (χ0n) is 14.3. The normalized spacial score (nSPS) is 10.2. The molecule has 2 aromatic carbocycles. The van der Waals surface area contributed by atoms with E-state index in [4.69, 9.17) is 5.73 Å². The molecule has 0 fully saturated rings. The van der Waals surface area contributed by atoms with Gasteiger partial charge < -0.3 is 16.4 Å². The molecule has 0 bridgehead atoms. The number of para-hydroxylation sites is 1. The van der Waals surface area contributed by atoms with Crippen LogP contribution in [0.2, 0.25) is 0 Å². The average molecular weight is 339 g/mol. The van der Waals surface area contributed by atoms with Crippen LogP contribution in [-0.4, -0.2) is 17.7 Å². The van der Waals surface area contributed by atoms with Gasteiger partial charge in [-0.3, -0.25) is 14.4 Å². The number of hydrogen-bond acceptors (Lipinski definition) is 3. The van der Waals surface area contributed by atoms with Gasteiger partial charge in [-0.1, -0.05) is 32.0 Å². The minimum absolute atomic E-state index is 0.326. The molecule has 0 heterocycles. The maximum Gasteiger partial charge on any atom is 0.314 e. The van der Waals surface area contributed by atoms with Gasteiger partial charge >= 0.3 is 11.8 Å². The number of anilines is 2. The molecule has 4 N–H and O–H groups in total. The molecule has 0 radical (unpaired) electrons. The fraction of sp³-hybridized carbons (Fsp3) is 0.211. The molecule has 0 spiro atoms. The Kier molecular flexibility index (Phi) is 5.89. The number of carbonyl (C=O) groups is 3. The van der Waals surface area contributed by atoms with Crippen LogP contribution in [0.25, 0.3) is 0 Å². The molecule has 25 heavy (non-hydrogen) atoms. The van der Waals surface area contributed by atoms with Crippen LogP contribution in [0, 0.1) is 0 Å². The van der Waals surface area contributed by atoms with E-state index in [0.29, 0.717) is 16.9 Å². The molecular weight excluding hydrogens is 318 g/mol. The van der Waals surface area contributed by atoms with Crippen LogP contribution in [0.4, 0.5) is 11.4 Å². The molecule has 0 aliphatic rings. The summed E-state index contributed by atoms with van der Waals surface area (Å²) in [5.41, 5.74) is 8.54. The Hall–Kier alpha value is -3.15. The zero-order chi connectivity index (χ0) is 18.4. The Morgan fingerprint density at radius 1 is 0.840 bits per heavy atom. The van der Waals surface area contributed by atoms with Crippen molar-refractivity contribution in [1.82, 2.24) is 0 Å². The number of nitrogens with one attached hydrogen (secondary N) is 2. The Morgan fingerprint density at radius 2 is 1.36 bits per heavy atom. The third kappa shape index (κ3) is 4.44. The van der Waals surface area contributed by atoms with Crippen LogP contribution in [-0.2, 0) is 22.4 Å². The molecule has 0 atom stereocenters. The summed E-state index contributed by atoms with van der Waals surface area (Å²) in [7, 11) is 0. The van der Waals surface area contributed by atoms with Crippen molar-refractivity contribution < 1.29 is 14.4 Å². The summed E-state index contributed by atoms with van der Waals surface area (Å²) in [6, 6.07) is 11.8. The lowest BCUT2D eigenvalue weighted by Gasteiger charge is -2.14. The largest absolute Gasteiger partial charge is 0.366 e. The molecule has 0 aliphatic heterocycles. The van der Waals surface area contributed by atoms with E-state index in [2.05, 4.69) is 10.6 Å². The highest BCUT2D eigenvalue weighted by Gasteiger charge is 2.17. The quantitative estimate of drug-likeness (QED) is 0.729. The number of primary amides is 1. The van der Waals surface area contributed by atoms with Gasteiger partial charge in [0.1, 0.15) is 0 Å². The van der Waals surface area contributed by atoms with Crippen molar-refractivity contribution in [2.75, 3.05) is 10.6 Å². The molecule has 6 heteroatoms. The molecule has 2 aromatic rings. The minimum Gasteiger partial charge on any atom is -0.366 e. The second-order valence-electron chi connectivity index (χ2n) is 5.51. The first-order valence-corrected chi connectivity index (χ1v) is 8.09. The van der Waals surface area contributed by atoms with E-state index in [0.717, 1.165) is 24.0 Å². The van der Waals surface area contributed by atoms with Gasteiger partial charge in [0.15, 0.2) is 0 Å². The third-order valence-electron chi connectivity index (χ3n) is 3.87. The monoisotopic (exact) mass is 339 g/mol. The third-order valence-corrected chi connectivity index (χ3v) is 3.87. The van der Waals surface area contributed by atoms with Gasteiger partial charge in [0.05, 0.1) is 0 Å². The van der Waals surface area contributed by atoms with Gasteiger partial charge in [-0.15, -0.1) is 0 Å². The number of nitrogens with two attached hydrogens (primary N) is 1. The lowest BCUT2D eigenvalue weighted by molar-refractivity contribution is -0.133. The SMILES string of the molecule is CCc1cccc(CC)c1NC(=O)C(=O)Nc1ccc(C(N)=O)cc1. The van der Waals surface area contributed by atoms with Gasteiger partial charge in [-0.05, 0) is 48.2 Å². The predicted molar refractivity (Wildman–Crippen MR) is 97.4 cm³/mol. The van der Waals surface area contributed by atoms with Crippen molar-refractivity contribution >= 4 is 29.1 Å². The first-order valence-electron chi connectivity index (χ1n) is 8.09. The van der Waals surface area contributed by atoms with Crippen LogP contribution < -0.4 is 16.4 Å². The summed E-state index contributed by atoms with van der Waals surface area (Å²) in [6.07, 6.45) is 1.50. The number of hydrogen-bond donors (Lipinski definition) is 3. The van der Waals surface area contributed by atoms with E-state index in [1.807, 2.05) is 32.0 Å². The molecule has 2 rings (SSSR count). The highest BCUT2D eigenvalue weighted by molar-refractivity contribution is 6.43. The molecule has 0 unspecified atom stereocenters. The standard InChI is InChI=1S/C19H21N3O3/c1-3-12-6-5-7-13(4-2)16(12)22-19(25)18(24)21-15-10-8-14(9-11-15)17(20)23/h5-11H,3-4H2,1-2H3,(H2,20,23)(H,21,24)(H,22,25). The zero-order valence-corrected chi connectivity index (χ0v) is 14.3. The maximum atomic E-state index is 12.2.